The summed E-state index contributed by atoms with van der Waals surface area (Å²) in [7, 11) is 4.34. The van der Waals surface area contributed by atoms with Crippen molar-refractivity contribution in [3.05, 3.63) is 269 Å². The summed E-state index contributed by atoms with van der Waals surface area (Å²) in [6.07, 6.45) is 35.7. The average Bonchev–Trinajstić information content (AvgIpc) is 1.69. The summed E-state index contributed by atoms with van der Waals surface area (Å²) in [5, 5.41) is 10.6. The fourth-order valence-corrected chi connectivity index (χ4v) is 34.9. The van der Waals surface area contributed by atoms with Crippen LogP contribution >= 0.6 is 51.3 Å². The van der Waals surface area contributed by atoms with Crippen molar-refractivity contribution in [1.29, 1.82) is 0 Å². The second kappa shape index (κ2) is 53.0. The van der Waals surface area contributed by atoms with E-state index in [1.54, 1.807) is 57.5 Å². The summed E-state index contributed by atoms with van der Waals surface area (Å²) in [5.41, 5.74) is 25.8. The van der Waals surface area contributed by atoms with Crippen molar-refractivity contribution in [2.45, 2.75) is 177 Å². The molecular formula is C109H126BBrIN18O15SSn. The van der Waals surface area contributed by atoms with Crippen LogP contribution in [0.2, 0.25) is 13.3 Å². The van der Waals surface area contributed by atoms with Crippen LogP contribution < -0.4 is 27.0 Å². The molecule has 33 nitrogen and oxygen atoms in total. The van der Waals surface area contributed by atoms with Gasteiger partial charge in [0, 0.05) is 167 Å². The van der Waals surface area contributed by atoms with Gasteiger partial charge in [-0.25, -0.2) is 19.9 Å². The maximum atomic E-state index is 12.8. The average molecular weight is 2300 g/mol. The predicted molar refractivity (Wildman–Crippen MR) is 583 cm³/mol. The van der Waals surface area contributed by atoms with Crippen LogP contribution in [0.1, 0.15) is 212 Å². The normalized spacial score (nSPS) is 16.4. The van der Waals surface area contributed by atoms with Crippen molar-refractivity contribution in [2.24, 2.45) is 15.0 Å². The maximum Gasteiger partial charge on any atom is 0.0921 e. The Kier molecular flexibility index (Phi) is 40.1. The zero-order chi connectivity index (χ0) is 105. The first-order valence-electron chi connectivity index (χ1n) is 49.9. The number of hydrogen-bond acceptors (Lipinski definition) is 22. The summed E-state index contributed by atoms with van der Waals surface area (Å²) >= 11 is 6.43. The molecule has 2 aliphatic carbocycles. The number of alkyl halides is 1. The molecule has 0 spiro atoms. The van der Waals surface area contributed by atoms with Gasteiger partial charge in [-0.3, -0.25) is 62.3 Å². The molecule has 0 saturated heterocycles. The fraction of sp³-hybridized carbons (Fsp3) is 0.376. The number of nitrogens with one attached hydrogen (secondary N) is 5. The Bertz CT molecular complexity index is 6620. The number of Topliss-reactive ketones (excluding diaryl/α,β-unsaturated/α-hetero) is 1. The number of benzene rings is 5. The van der Waals surface area contributed by atoms with E-state index in [0.29, 0.717) is 98.3 Å². The van der Waals surface area contributed by atoms with Crippen molar-refractivity contribution in [1.82, 2.24) is 75.3 Å². The topological polar surface area (TPSA) is 420 Å². The molecule has 0 atom stereocenters. The first-order chi connectivity index (χ1) is 71.0. The number of aryl methyl sites for hydroxylation is 2. The van der Waals surface area contributed by atoms with Gasteiger partial charge in [0.25, 0.3) is 0 Å². The van der Waals surface area contributed by atoms with Gasteiger partial charge in [0.1, 0.15) is 48.4 Å². The van der Waals surface area contributed by atoms with E-state index >= 15 is 0 Å². The third-order valence-corrected chi connectivity index (χ3v) is 43.2. The van der Waals surface area contributed by atoms with Crippen LogP contribution in [0.25, 0.3) is 56.8 Å². The zero-order valence-electron chi connectivity index (χ0n) is 84.3. The maximum absolute atomic E-state index is 12.8. The van der Waals surface area contributed by atoms with Crippen molar-refractivity contribution in [3.63, 3.8) is 0 Å². The number of carbonyl (C=O) groups is 11. The third-order valence-electron chi connectivity index (χ3n) is 26.6. The zero-order valence-corrected chi connectivity index (χ0v) is 91.8. The number of aliphatic imine (C=N–C) groups is 1. The second-order valence-corrected chi connectivity index (χ2v) is 51.7. The van der Waals surface area contributed by atoms with Crippen molar-refractivity contribution >= 4 is 182 Å². The van der Waals surface area contributed by atoms with Crippen LogP contribution in [0.4, 0.5) is 0 Å². The molecule has 7 N–H and O–H groups in total. The molecule has 147 heavy (non-hydrogen) atoms. The van der Waals surface area contributed by atoms with Crippen LogP contribution in [0.3, 0.4) is 0 Å². The largest absolute Gasteiger partial charge is 0.348 e. The number of ketones is 1. The molecule has 2 saturated carbocycles. The number of allylic oxidation sites excluding steroid dienone is 1. The number of aromatic nitrogens is 6. The van der Waals surface area contributed by atoms with Gasteiger partial charge in [-0.2, -0.15) is 0 Å². The van der Waals surface area contributed by atoms with Crippen LogP contribution in [0.15, 0.2) is 194 Å². The summed E-state index contributed by atoms with van der Waals surface area (Å²) < 4.78 is 33.6. The quantitative estimate of drug-likeness (QED) is 0.00877. The molecule has 4 aromatic heterocycles. The predicted octanol–water partition coefficient (Wildman–Crippen LogP) is 15.6. The Morgan fingerprint density at radius 3 is 1.31 bits per heavy atom. The van der Waals surface area contributed by atoms with E-state index in [2.05, 4.69) is 173 Å². The monoisotopic (exact) mass is 2300 g/mol. The standard InChI is InChI=1S/C23H21N5O2.C17H15N3O3.C17H18N2O3.C15H13BrN2O3.C13H11IN2O2.C6H8N2.C4H7O.3C4H9.C2H5NO.BHNS.Sn/c1-14-26-20(12-30-14)17-3-2-4-18-16(17)7-8-28-21(18)9-22(24-10-23(28)29)27-11-19(25-13-27)15-5-6-15;1-10-19-14(9-23-10)12-3-2-4-13-11(12)5-6-20-15(13)7-16(21)18-8-17(20)22;1-3-22-11(2)12-5-4-6-14-13(12)7-8-19-15(14)9-16(20)18-10-17(19)21;16-7-13(19)11-3-1-2-10-9(11)4-5-18-12(10)6-14(20)17-8-15(18)21;14-10-3-1-2-9-8(10)4-5-16-11(9)6-12(17)15-7-13(16)18;1-2-5(1)6-3-7-4-8-6;1-3-5-4-2;3*1-3-4-2;1-2(3)4;1-2-3;/h2-4,9,11-13,15H,5-8,10H2,1H3;2-4,7,9H,5-6,8H2,1H3,(H,18,21);4-6,9H,2-3,7-8,10H2,1H3,(H,18,20);1-3,6H,4-5,7-8H2,(H,17,20);1-3,6H,4-5,7H2,(H,15,17);3-5H,1-2H2,(H,7,8);1,4H2,2H3;3*1,3-4H2,2H3;1H3,(H2,3,4);3H;. The van der Waals surface area contributed by atoms with Crippen molar-refractivity contribution in [3.8, 4) is 22.5 Å². The van der Waals surface area contributed by atoms with Crippen LogP contribution in [-0.4, -0.2) is 235 Å². The van der Waals surface area contributed by atoms with Gasteiger partial charge >= 0.3 is 144 Å². The minimum absolute atomic E-state index is 0.00491. The van der Waals surface area contributed by atoms with E-state index in [1.165, 1.54) is 133 Å². The SMILES string of the molecule is C=C(OCC)c1cccc2c1CCN1C(=O)CNC(=O)C=C21.C=[C](OCC)[Sn]([CH2]CCC)([CH2]CCC)[CH2]CCC.CC(N)=O.Cc1nc(-c2cccc3c2CCN2C(=O)CN=C(n4cnc(C5CC5)c4)C=C32)co1.Cc1nc(-c2cccc3c2CCN2C(=O)CNC(=O)C=C32)co1.O=C1C=C2c3cccc(C(=O)CBr)c3CCN2C(=O)CN1.O=C1C=C2c3cccc(I)c3CCN2C(=O)CN1.[B]=NS.c1ncc(C2CC2)[nH]1. The molecular weight excluding hydrogens is 2170 g/mol. The van der Waals surface area contributed by atoms with Crippen LogP contribution in [0.5, 0.6) is 0 Å². The van der Waals surface area contributed by atoms with E-state index in [-0.39, 0.29) is 103 Å². The first kappa shape index (κ1) is 111. The number of nitrogens with two attached hydrogens (primary N) is 1. The van der Waals surface area contributed by atoms with Crippen molar-refractivity contribution < 1.29 is 71.0 Å². The minimum atomic E-state index is -2.24. The Morgan fingerprint density at radius 1 is 0.537 bits per heavy atom. The third kappa shape index (κ3) is 28.3. The number of rotatable bonds is 21. The molecule has 5 aromatic carbocycles. The van der Waals surface area contributed by atoms with Gasteiger partial charge in [0.15, 0.2) is 17.6 Å². The van der Waals surface area contributed by atoms with E-state index in [1.807, 2.05) is 115 Å². The Labute approximate surface area is 889 Å². The van der Waals surface area contributed by atoms with Gasteiger partial charge in [-0.1, -0.05) is 107 Å². The number of imidazole rings is 2. The van der Waals surface area contributed by atoms with E-state index in [0.717, 1.165) is 127 Å². The molecule has 10 amide bonds. The number of hydrogen-bond donors (Lipinski definition) is 7. The van der Waals surface area contributed by atoms with Gasteiger partial charge in [-0.05, 0) is 121 Å². The van der Waals surface area contributed by atoms with Crippen LogP contribution in [-0.2, 0) is 89.5 Å². The fourth-order valence-electron chi connectivity index (χ4n) is 19.2. The second-order valence-electron chi connectivity index (χ2n) is 36.6. The number of halogens is 2. The molecule has 21 rings (SSSR count). The summed E-state index contributed by atoms with van der Waals surface area (Å²) in [4.78, 5) is 163. The molecule has 14 heterocycles. The van der Waals surface area contributed by atoms with Gasteiger partial charge in [-0.15, -0.1) is 0 Å². The van der Waals surface area contributed by atoms with E-state index < -0.39 is 18.4 Å². The number of primary amides is 1. The number of nitrogens with zero attached hydrogens (tertiary/aromatic N) is 12. The molecule has 38 heteroatoms. The Hall–Kier alpha value is -13.0. The van der Waals surface area contributed by atoms with E-state index in [4.69, 9.17) is 18.3 Å². The molecule has 0 bridgehead atoms. The van der Waals surface area contributed by atoms with Crippen LogP contribution in [0, 0.1) is 17.4 Å². The smallest absolute Gasteiger partial charge is 0.0921 e. The number of ether oxygens (including phenoxy) is 2. The van der Waals surface area contributed by atoms with Gasteiger partial charge in [0.2, 0.25) is 59.1 Å². The number of thiol groups is 1. The molecule has 0 unspecified atom stereocenters. The number of carbonyl (C=O) groups excluding carboxylic acids is 11. The molecule has 9 aromatic rings. The number of fused-ring (bicyclic) bond motifs is 15. The summed E-state index contributed by atoms with van der Waals surface area (Å²) in [6, 6.07) is 29.2. The number of oxazole rings is 2. The molecule has 12 aliphatic rings. The summed E-state index contributed by atoms with van der Waals surface area (Å²) in [5.74, 6) is 2.38. The number of amides is 10. The molecule has 769 valence electrons. The number of H-pyrrole nitrogens is 1. The number of aromatic amines is 1. The molecule has 2 fully saturated rings. The minimum Gasteiger partial charge on any atom is -0.348 e. The first-order valence-corrected chi connectivity index (χ1v) is 60.0. The Balaban J connectivity index is 0.000000144. The van der Waals surface area contributed by atoms with Crippen molar-refractivity contribution in [2.75, 3.05) is 84.0 Å². The van der Waals surface area contributed by atoms with E-state index in [9.17, 15) is 52.7 Å². The molecule has 1 radical (unpaired) electrons. The summed E-state index contributed by atoms with van der Waals surface area (Å²) in [6.45, 7) is 28.8. The number of unbranched alkanes of at least 4 members (excludes halogenated alkanes) is 3. The van der Waals surface area contributed by atoms with Gasteiger partial charge < -0.3 is 70.1 Å². The molecule has 10 aliphatic heterocycles. The Morgan fingerprint density at radius 2 is 0.912 bits per heavy atom. The van der Waals surface area contributed by atoms with Gasteiger partial charge in [0.05, 0.1) is 78.6 Å².